The van der Waals surface area contributed by atoms with Gasteiger partial charge in [0.05, 0.1) is 43.8 Å². The number of amides is 2. The number of hydrogen-bond donors (Lipinski definition) is 1. The van der Waals surface area contributed by atoms with Gasteiger partial charge in [-0.05, 0) is 31.4 Å². The van der Waals surface area contributed by atoms with Crippen molar-refractivity contribution in [3.05, 3.63) is 35.7 Å². The molecule has 180 valence electrons. The van der Waals surface area contributed by atoms with Crippen LogP contribution in [0.3, 0.4) is 0 Å². The van der Waals surface area contributed by atoms with Crippen molar-refractivity contribution in [1.82, 2.24) is 9.47 Å². The second-order valence-corrected chi connectivity index (χ2v) is 8.22. The van der Waals surface area contributed by atoms with Crippen LogP contribution in [0.25, 0.3) is 0 Å². The lowest BCUT2D eigenvalue weighted by Gasteiger charge is -2.20. The first-order valence-electron chi connectivity index (χ1n) is 11.2. The Balaban J connectivity index is 1.34. The number of benzene rings is 1. The zero-order valence-electron chi connectivity index (χ0n) is 19.5. The summed E-state index contributed by atoms with van der Waals surface area (Å²) in [4.78, 5) is 43.3. The summed E-state index contributed by atoms with van der Waals surface area (Å²) in [7, 11) is 4.53. The van der Waals surface area contributed by atoms with E-state index in [4.69, 9.17) is 14.2 Å². The van der Waals surface area contributed by atoms with Crippen LogP contribution in [0.5, 0.6) is 11.5 Å². The average molecular weight is 469 g/mol. The zero-order chi connectivity index (χ0) is 24.2. The highest BCUT2D eigenvalue weighted by atomic mass is 16.5. The van der Waals surface area contributed by atoms with Gasteiger partial charge in [0.15, 0.2) is 11.5 Å². The molecule has 1 fully saturated rings. The number of nitrogens with one attached hydrogen (secondary N) is 1. The third-order valence-electron chi connectivity index (χ3n) is 5.95. The minimum absolute atomic E-state index is 0.0297. The predicted molar refractivity (Wildman–Crippen MR) is 125 cm³/mol. The molecule has 1 unspecified atom stereocenters. The van der Waals surface area contributed by atoms with E-state index < -0.39 is 5.97 Å². The van der Waals surface area contributed by atoms with Crippen molar-refractivity contribution in [3.63, 3.8) is 0 Å². The number of anilines is 1. The van der Waals surface area contributed by atoms with Crippen molar-refractivity contribution in [2.75, 3.05) is 32.7 Å². The number of ether oxygens (including phenoxy) is 3. The number of nitrogens with zero attached hydrogens (tertiary/aromatic N) is 3. The number of methoxy groups -OCH3 is 2. The van der Waals surface area contributed by atoms with E-state index in [1.54, 1.807) is 36.0 Å². The molecule has 1 atom stereocenters. The SMILES string of the molecule is COC(=O)c1cc(NC(=O)CCCOc2cc3c(cc2OC)C(=O)N2CCCC2C=N3)cn1C. The number of rotatable bonds is 8. The number of esters is 1. The van der Waals surface area contributed by atoms with Crippen molar-refractivity contribution < 1.29 is 28.6 Å². The first-order chi connectivity index (χ1) is 16.4. The van der Waals surface area contributed by atoms with Gasteiger partial charge in [-0.15, -0.1) is 0 Å². The molecular weight excluding hydrogens is 440 g/mol. The van der Waals surface area contributed by atoms with Gasteiger partial charge in [-0.1, -0.05) is 0 Å². The minimum atomic E-state index is -0.475. The lowest BCUT2D eigenvalue weighted by molar-refractivity contribution is -0.116. The smallest absolute Gasteiger partial charge is 0.354 e. The molecule has 1 aromatic carbocycles. The van der Waals surface area contributed by atoms with Crippen LogP contribution in [-0.2, 0) is 16.6 Å². The maximum Gasteiger partial charge on any atom is 0.354 e. The number of aromatic nitrogens is 1. The van der Waals surface area contributed by atoms with Gasteiger partial charge >= 0.3 is 5.97 Å². The molecule has 4 rings (SSSR count). The molecule has 2 amide bonds. The highest BCUT2D eigenvalue weighted by Crippen LogP contribution is 2.38. The average Bonchev–Trinajstić information content (AvgIpc) is 3.42. The van der Waals surface area contributed by atoms with Crippen LogP contribution >= 0.6 is 0 Å². The van der Waals surface area contributed by atoms with Crippen molar-refractivity contribution >= 4 is 35.4 Å². The summed E-state index contributed by atoms with van der Waals surface area (Å²) in [5.74, 6) is 0.198. The number of carbonyl (C=O) groups is 3. The first-order valence-corrected chi connectivity index (χ1v) is 11.2. The van der Waals surface area contributed by atoms with Gasteiger partial charge in [0.25, 0.3) is 5.91 Å². The third-order valence-corrected chi connectivity index (χ3v) is 5.95. The Morgan fingerprint density at radius 1 is 1.21 bits per heavy atom. The highest BCUT2D eigenvalue weighted by molar-refractivity contribution is 6.03. The summed E-state index contributed by atoms with van der Waals surface area (Å²) in [6.45, 7) is 1.00. The molecule has 2 aromatic rings. The molecule has 0 radical (unpaired) electrons. The van der Waals surface area contributed by atoms with E-state index >= 15 is 0 Å². The fraction of sp³-hybridized carbons (Fsp3) is 0.417. The van der Waals surface area contributed by atoms with E-state index in [2.05, 4.69) is 10.3 Å². The van der Waals surface area contributed by atoms with Gasteiger partial charge in [0.1, 0.15) is 5.69 Å². The molecule has 1 aromatic heterocycles. The number of aliphatic imine (C=N–C) groups is 1. The molecule has 0 bridgehead atoms. The number of fused-ring (bicyclic) bond motifs is 2. The third kappa shape index (κ3) is 4.75. The Morgan fingerprint density at radius 2 is 2.03 bits per heavy atom. The second-order valence-electron chi connectivity index (χ2n) is 8.22. The van der Waals surface area contributed by atoms with Crippen LogP contribution in [0, 0.1) is 0 Å². The quantitative estimate of drug-likeness (QED) is 0.471. The Morgan fingerprint density at radius 3 is 2.79 bits per heavy atom. The summed E-state index contributed by atoms with van der Waals surface area (Å²) in [6.07, 6.45) is 6.04. The molecule has 10 nitrogen and oxygen atoms in total. The molecule has 0 saturated carbocycles. The van der Waals surface area contributed by atoms with E-state index in [9.17, 15) is 14.4 Å². The monoisotopic (exact) mass is 468 g/mol. The largest absolute Gasteiger partial charge is 0.493 e. The number of carbonyl (C=O) groups excluding carboxylic acids is 3. The van der Waals surface area contributed by atoms with E-state index in [0.717, 1.165) is 19.4 Å². The zero-order valence-corrected chi connectivity index (χ0v) is 19.5. The van der Waals surface area contributed by atoms with Gasteiger partial charge in [-0.2, -0.15) is 0 Å². The van der Waals surface area contributed by atoms with Crippen LogP contribution in [-0.4, -0.2) is 66.9 Å². The van der Waals surface area contributed by atoms with Crippen molar-refractivity contribution in [2.45, 2.75) is 31.7 Å². The fourth-order valence-corrected chi connectivity index (χ4v) is 4.20. The van der Waals surface area contributed by atoms with Gasteiger partial charge < -0.3 is 29.0 Å². The standard InChI is InChI=1S/C24H28N4O6/c1-27-14-15(10-19(27)24(31)33-3)26-22(29)7-5-9-34-21-12-18-17(11-20(21)32-2)23(30)28-8-4-6-16(28)13-25-18/h10-14,16H,4-9H2,1-3H3,(H,26,29). The van der Waals surface area contributed by atoms with Crippen LogP contribution in [0.1, 0.15) is 46.5 Å². The van der Waals surface area contributed by atoms with Gasteiger partial charge in [-0.25, -0.2) is 4.79 Å². The molecule has 3 heterocycles. The minimum Gasteiger partial charge on any atom is -0.493 e. The molecule has 1 saturated heterocycles. The maximum atomic E-state index is 12.9. The molecule has 10 heteroatoms. The lowest BCUT2D eigenvalue weighted by Crippen LogP contribution is -2.35. The van der Waals surface area contributed by atoms with Crippen LogP contribution < -0.4 is 14.8 Å². The predicted octanol–water partition coefficient (Wildman–Crippen LogP) is 2.94. The van der Waals surface area contributed by atoms with Crippen molar-refractivity contribution in [3.8, 4) is 11.5 Å². The Bertz CT molecular complexity index is 1140. The van der Waals surface area contributed by atoms with Gasteiger partial charge in [-0.3, -0.25) is 14.6 Å². The molecule has 0 spiro atoms. The fourth-order valence-electron chi connectivity index (χ4n) is 4.20. The van der Waals surface area contributed by atoms with E-state index in [0.29, 0.717) is 40.6 Å². The summed E-state index contributed by atoms with van der Waals surface area (Å²) in [5, 5.41) is 2.77. The Hall–Kier alpha value is -3.82. The van der Waals surface area contributed by atoms with Gasteiger partial charge in [0, 0.05) is 38.5 Å². The van der Waals surface area contributed by atoms with Crippen molar-refractivity contribution in [2.24, 2.45) is 12.0 Å². The first kappa shape index (κ1) is 23.3. The normalized spacial score (nSPS) is 16.5. The molecule has 1 N–H and O–H groups in total. The van der Waals surface area contributed by atoms with E-state index in [1.165, 1.54) is 14.2 Å². The van der Waals surface area contributed by atoms with E-state index in [1.807, 2.05) is 11.1 Å². The topological polar surface area (TPSA) is 111 Å². The Kier molecular flexibility index (Phi) is 6.85. The maximum absolute atomic E-state index is 12.9. The second kappa shape index (κ2) is 9.98. The van der Waals surface area contributed by atoms with Crippen LogP contribution in [0.4, 0.5) is 11.4 Å². The summed E-state index contributed by atoms with van der Waals surface area (Å²) in [5.41, 5.74) is 1.92. The lowest BCUT2D eigenvalue weighted by atomic mass is 10.1. The Labute approximate surface area is 197 Å². The van der Waals surface area contributed by atoms with Crippen LogP contribution in [0.15, 0.2) is 29.4 Å². The highest BCUT2D eigenvalue weighted by Gasteiger charge is 2.32. The van der Waals surface area contributed by atoms with Gasteiger partial charge in [0.2, 0.25) is 5.91 Å². The molecule has 0 aliphatic carbocycles. The molecule has 34 heavy (non-hydrogen) atoms. The molecule has 2 aliphatic rings. The molecule has 2 aliphatic heterocycles. The summed E-state index contributed by atoms with van der Waals surface area (Å²) < 4.78 is 17.6. The summed E-state index contributed by atoms with van der Waals surface area (Å²) >= 11 is 0. The molecular formula is C24H28N4O6. The number of aryl methyl sites for hydroxylation is 1. The summed E-state index contributed by atoms with van der Waals surface area (Å²) in [6, 6.07) is 4.98. The van der Waals surface area contributed by atoms with Crippen molar-refractivity contribution in [1.29, 1.82) is 0 Å². The number of hydrogen-bond acceptors (Lipinski definition) is 7. The van der Waals surface area contributed by atoms with Crippen LogP contribution in [0.2, 0.25) is 0 Å². The van der Waals surface area contributed by atoms with E-state index in [-0.39, 0.29) is 30.9 Å².